The Hall–Kier alpha value is -0.480. The lowest BCUT2D eigenvalue weighted by Gasteiger charge is -2.25. The van der Waals surface area contributed by atoms with E-state index in [-0.39, 0.29) is 5.54 Å². The van der Waals surface area contributed by atoms with Crippen molar-refractivity contribution in [1.82, 2.24) is 4.90 Å². The van der Waals surface area contributed by atoms with Crippen LogP contribution in [0.1, 0.15) is 19.8 Å². The second kappa shape index (κ2) is 2.04. The van der Waals surface area contributed by atoms with E-state index in [9.17, 15) is 0 Å². The maximum absolute atomic E-state index is 5.37. The molecular weight excluding hydrogens is 110 g/mol. The first kappa shape index (κ1) is 6.64. The van der Waals surface area contributed by atoms with Gasteiger partial charge in [0.05, 0.1) is 5.54 Å². The van der Waals surface area contributed by atoms with Gasteiger partial charge in [-0.25, -0.2) is 0 Å². The molecule has 1 aliphatic heterocycles. The summed E-state index contributed by atoms with van der Waals surface area (Å²) in [6.07, 6.45) is 7.77. The monoisotopic (exact) mass is 123 g/mol. The van der Waals surface area contributed by atoms with Gasteiger partial charge < -0.3 is 0 Å². The van der Waals surface area contributed by atoms with Gasteiger partial charge in [0.15, 0.2) is 0 Å². The highest BCUT2D eigenvalue weighted by Gasteiger charge is 2.31. The number of rotatable bonds is 0. The normalized spacial score (nSPS) is 36.6. The van der Waals surface area contributed by atoms with Gasteiger partial charge in [0.25, 0.3) is 0 Å². The van der Waals surface area contributed by atoms with Crippen LogP contribution in [0.5, 0.6) is 0 Å². The van der Waals surface area contributed by atoms with E-state index in [1.807, 2.05) is 0 Å². The van der Waals surface area contributed by atoms with E-state index in [1.54, 1.807) is 0 Å². The molecule has 1 atom stereocenters. The van der Waals surface area contributed by atoms with Gasteiger partial charge in [-0.15, -0.1) is 6.42 Å². The van der Waals surface area contributed by atoms with Gasteiger partial charge in [-0.3, -0.25) is 4.90 Å². The molecule has 0 N–H and O–H groups in total. The van der Waals surface area contributed by atoms with Crippen LogP contribution in [0.15, 0.2) is 0 Å². The molecule has 0 aromatic carbocycles. The molecule has 50 valence electrons. The Kier molecular flexibility index (Phi) is 1.50. The van der Waals surface area contributed by atoms with Crippen LogP contribution in [-0.4, -0.2) is 24.0 Å². The van der Waals surface area contributed by atoms with Gasteiger partial charge in [-0.05, 0) is 33.4 Å². The van der Waals surface area contributed by atoms with Crippen LogP contribution in [0.2, 0.25) is 0 Å². The number of nitrogens with zero attached hydrogens (tertiary/aromatic N) is 1. The van der Waals surface area contributed by atoms with Crippen molar-refractivity contribution in [1.29, 1.82) is 0 Å². The van der Waals surface area contributed by atoms with E-state index >= 15 is 0 Å². The van der Waals surface area contributed by atoms with Crippen LogP contribution in [0.3, 0.4) is 0 Å². The fourth-order valence-electron chi connectivity index (χ4n) is 1.28. The van der Waals surface area contributed by atoms with Gasteiger partial charge in [0.2, 0.25) is 0 Å². The number of hydrogen-bond donors (Lipinski definition) is 0. The molecule has 0 aliphatic carbocycles. The summed E-state index contributed by atoms with van der Waals surface area (Å²) in [5.41, 5.74) is 0.0556. The summed E-state index contributed by atoms with van der Waals surface area (Å²) in [6.45, 7) is 3.28. The number of terminal acetylenes is 1. The summed E-state index contributed by atoms with van der Waals surface area (Å²) in [5, 5.41) is 0. The summed E-state index contributed by atoms with van der Waals surface area (Å²) < 4.78 is 0. The minimum absolute atomic E-state index is 0.0556. The van der Waals surface area contributed by atoms with Crippen molar-refractivity contribution >= 4 is 0 Å². The molecule has 1 heterocycles. The SMILES string of the molecule is C#CC1(C)CCCN1C. The molecule has 0 spiro atoms. The van der Waals surface area contributed by atoms with Crippen LogP contribution in [0.4, 0.5) is 0 Å². The molecule has 1 fully saturated rings. The largest absolute Gasteiger partial charge is 0.291 e. The Morgan fingerprint density at radius 1 is 1.67 bits per heavy atom. The predicted octanol–water partition coefficient (Wildman–Crippen LogP) is 1.10. The Labute approximate surface area is 57.0 Å². The average Bonchev–Trinajstić information content (AvgIpc) is 2.15. The average molecular weight is 123 g/mol. The third kappa shape index (κ3) is 0.951. The summed E-state index contributed by atoms with van der Waals surface area (Å²) in [4.78, 5) is 2.24. The fourth-order valence-corrected chi connectivity index (χ4v) is 1.28. The molecule has 0 saturated carbocycles. The maximum atomic E-state index is 5.37. The predicted molar refractivity (Wildman–Crippen MR) is 39.1 cm³/mol. The minimum Gasteiger partial charge on any atom is -0.291 e. The van der Waals surface area contributed by atoms with Crippen molar-refractivity contribution in [3.63, 3.8) is 0 Å². The van der Waals surface area contributed by atoms with Gasteiger partial charge in [-0.1, -0.05) is 5.92 Å². The lowest BCUT2D eigenvalue weighted by molar-refractivity contribution is 0.262. The van der Waals surface area contributed by atoms with E-state index in [2.05, 4.69) is 24.8 Å². The van der Waals surface area contributed by atoms with Crippen molar-refractivity contribution in [2.75, 3.05) is 13.6 Å². The zero-order chi connectivity index (χ0) is 6.91. The van der Waals surface area contributed by atoms with Gasteiger partial charge in [0.1, 0.15) is 0 Å². The number of hydrogen-bond acceptors (Lipinski definition) is 1. The van der Waals surface area contributed by atoms with Gasteiger partial charge >= 0.3 is 0 Å². The smallest absolute Gasteiger partial charge is 0.0792 e. The highest BCUT2D eigenvalue weighted by molar-refractivity contribution is 5.12. The first-order valence-corrected chi connectivity index (χ1v) is 3.38. The van der Waals surface area contributed by atoms with Crippen molar-refractivity contribution in [3.8, 4) is 12.3 Å². The topological polar surface area (TPSA) is 3.24 Å². The highest BCUT2D eigenvalue weighted by Crippen LogP contribution is 2.25. The molecule has 0 aromatic heterocycles. The Balaban J connectivity index is 2.70. The van der Waals surface area contributed by atoms with E-state index in [0.29, 0.717) is 0 Å². The molecule has 1 saturated heterocycles. The van der Waals surface area contributed by atoms with E-state index in [0.717, 1.165) is 13.0 Å². The molecule has 0 radical (unpaired) electrons. The van der Waals surface area contributed by atoms with Crippen molar-refractivity contribution in [2.45, 2.75) is 25.3 Å². The fraction of sp³-hybridized carbons (Fsp3) is 0.750. The molecule has 0 aromatic rings. The Morgan fingerprint density at radius 2 is 2.33 bits per heavy atom. The third-order valence-corrected chi connectivity index (χ3v) is 2.31. The molecule has 0 bridgehead atoms. The van der Waals surface area contributed by atoms with E-state index in [1.165, 1.54) is 6.42 Å². The summed E-state index contributed by atoms with van der Waals surface area (Å²) >= 11 is 0. The van der Waals surface area contributed by atoms with Crippen LogP contribution in [-0.2, 0) is 0 Å². The quantitative estimate of drug-likeness (QED) is 0.436. The molecule has 9 heavy (non-hydrogen) atoms. The third-order valence-electron chi connectivity index (χ3n) is 2.31. The first-order valence-electron chi connectivity index (χ1n) is 3.38. The molecule has 0 amide bonds. The van der Waals surface area contributed by atoms with Crippen LogP contribution in [0, 0.1) is 12.3 Å². The first-order chi connectivity index (χ1) is 4.19. The zero-order valence-corrected chi connectivity index (χ0v) is 6.15. The minimum atomic E-state index is 0.0556. The lowest BCUT2D eigenvalue weighted by Crippen LogP contribution is -2.36. The highest BCUT2D eigenvalue weighted by atomic mass is 15.2. The lowest BCUT2D eigenvalue weighted by atomic mass is 10.0. The van der Waals surface area contributed by atoms with Crippen LogP contribution < -0.4 is 0 Å². The standard InChI is InChI=1S/C8H13N/c1-4-8(2)6-5-7-9(8)3/h1H,5-7H2,2-3H3. The Bertz CT molecular complexity index is 145. The van der Waals surface area contributed by atoms with Crippen molar-refractivity contribution in [2.24, 2.45) is 0 Å². The second-order valence-corrected chi connectivity index (χ2v) is 2.94. The summed E-state index contributed by atoms with van der Waals surface area (Å²) in [7, 11) is 2.09. The van der Waals surface area contributed by atoms with E-state index < -0.39 is 0 Å². The van der Waals surface area contributed by atoms with Crippen LogP contribution in [0.25, 0.3) is 0 Å². The molecule has 1 heteroatoms. The molecule has 1 rings (SSSR count). The second-order valence-electron chi connectivity index (χ2n) is 2.94. The molecular formula is C8H13N. The van der Waals surface area contributed by atoms with Gasteiger partial charge in [0, 0.05) is 0 Å². The molecule has 1 aliphatic rings. The summed E-state index contributed by atoms with van der Waals surface area (Å²) in [6, 6.07) is 0. The van der Waals surface area contributed by atoms with Crippen LogP contribution >= 0.6 is 0 Å². The molecule has 1 nitrogen and oxygen atoms in total. The van der Waals surface area contributed by atoms with Crippen molar-refractivity contribution in [3.05, 3.63) is 0 Å². The van der Waals surface area contributed by atoms with Gasteiger partial charge in [-0.2, -0.15) is 0 Å². The molecule has 1 unspecified atom stereocenters. The summed E-state index contributed by atoms with van der Waals surface area (Å²) in [5.74, 6) is 2.82. The van der Waals surface area contributed by atoms with Crippen molar-refractivity contribution < 1.29 is 0 Å². The zero-order valence-electron chi connectivity index (χ0n) is 6.15. The number of likely N-dealkylation sites (tertiary alicyclic amines) is 1. The van der Waals surface area contributed by atoms with E-state index in [4.69, 9.17) is 6.42 Å². The Morgan fingerprint density at radius 3 is 2.56 bits per heavy atom. The maximum Gasteiger partial charge on any atom is 0.0792 e.